The van der Waals surface area contributed by atoms with Crippen molar-refractivity contribution in [3.63, 3.8) is 0 Å². The molecule has 3 rings (SSSR count). The van der Waals surface area contributed by atoms with Gasteiger partial charge in [0.2, 0.25) is 0 Å². The molecule has 1 atom stereocenters. The van der Waals surface area contributed by atoms with Gasteiger partial charge in [0.1, 0.15) is 11.9 Å². The summed E-state index contributed by atoms with van der Waals surface area (Å²) < 4.78 is 18.6. The summed E-state index contributed by atoms with van der Waals surface area (Å²) in [5.74, 6) is -0.904. The Morgan fingerprint density at radius 2 is 1.65 bits per heavy atom. The highest BCUT2D eigenvalue weighted by atomic mass is 19.1. The molecule has 1 saturated heterocycles. The minimum Gasteiger partial charge on any atom is -0.458 e. The maximum atomic E-state index is 13.0. The number of rotatable bonds is 4. The molecule has 0 spiro atoms. The van der Waals surface area contributed by atoms with E-state index < -0.39 is 0 Å². The third-order valence-electron chi connectivity index (χ3n) is 4.77. The number of hydrogen-bond donors (Lipinski definition) is 0. The Labute approximate surface area is 152 Å². The molecular formula is C21H22FNO3. The van der Waals surface area contributed by atoms with Crippen LogP contribution < -0.4 is 0 Å². The van der Waals surface area contributed by atoms with Gasteiger partial charge in [-0.2, -0.15) is 0 Å². The van der Waals surface area contributed by atoms with Crippen LogP contribution in [0.25, 0.3) is 0 Å². The largest absolute Gasteiger partial charge is 0.458 e. The average Bonchev–Trinajstić information content (AvgIpc) is 2.69. The number of carbonyl (C=O) groups is 2. The minimum atomic E-state index is -0.365. The molecule has 136 valence electrons. The molecule has 0 saturated carbocycles. The van der Waals surface area contributed by atoms with Crippen molar-refractivity contribution in [2.45, 2.75) is 25.9 Å². The second-order valence-corrected chi connectivity index (χ2v) is 6.56. The number of likely N-dealkylation sites (tertiary alicyclic amines) is 1. The molecule has 0 N–H and O–H groups in total. The van der Waals surface area contributed by atoms with Crippen LogP contribution in [0.3, 0.4) is 0 Å². The van der Waals surface area contributed by atoms with Crippen molar-refractivity contribution in [3.05, 3.63) is 71.5 Å². The molecule has 1 amide bonds. The lowest BCUT2D eigenvalue weighted by molar-refractivity contribution is -0.155. The van der Waals surface area contributed by atoms with Crippen LogP contribution in [-0.4, -0.2) is 29.9 Å². The molecule has 1 heterocycles. The summed E-state index contributed by atoms with van der Waals surface area (Å²) in [6.45, 7) is 2.85. The summed E-state index contributed by atoms with van der Waals surface area (Å²) in [4.78, 5) is 26.5. The van der Waals surface area contributed by atoms with Gasteiger partial charge in [0.05, 0.1) is 5.92 Å². The van der Waals surface area contributed by atoms with Crippen molar-refractivity contribution in [3.8, 4) is 0 Å². The molecule has 2 aromatic rings. The fourth-order valence-corrected chi connectivity index (χ4v) is 3.16. The topological polar surface area (TPSA) is 46.6 Å². The Morgan fingerprint density at radius 1 is 1.04 bits per heavy atom. The number of halogens is 1. The van der Waals surface area contributed by atoms with Crippen LogP contribution in [0.2, 0.25) is 0 Å². The summed E-state index contributed by atoms with van der Waals surface area (Å²) in [5.41, 5.74) is 1.43. The number of piperidine rings is 1. The fraction of sp³-hybridized carbons (Fsp3) is 0.333. The smallest absolute Gasteiger partial charge is 0.309 e. The summed E-state index contributed by atoms with van der Waals surface area (Å²) in [6, 6.07) is 15.2. The normalized spacial score (nSPS) is 16.2. The summed E-state index contributed by atoms with van der Waals surface area (Å²) in [7, 11) is 0. The first-order valence-electron chi connectivity index (χ1n) is 8.85. The Kier molecular flexibility index (Phi) is 5.66. The lowest BCUT2D eigenvalue weighted by Gasteiger charge is -2.31. The number of amides is 1. The summed E-state index contributed by atoms with van der Waals surface area (Å²) in [6.07, 6.45) is 0.864. The number of carbonyl (C=O) groups excluding carboxylic acids is 2. The van der Waals surface area contributed by atoms with Gasteiger partial charge >= 0.3 is 5.97 Å². The molecule has 1 aliphatic rings. The van der Waals surface area contributed by atoms with Gasteiger partial charge in [0, 0.05) is 18.7 Å². The lowest BCUT2D eigenvalue weighted by atomic mass is 9.96. The number of nitrogens with zero attached hydrogens (tertiary/aromatic N) is 1. The molecule has 4 nitrogen and oxygen atoms in total. The molecule has 0 aromatic heterocycles. The Balaban J connectivity index is 1.52. The lowest BCUT2D eigenvalue weighted by Crippen LogP contribution is -2.40. The van der Waals surface area contributed by atoms with Crippen LogP contribution in [-0.2, 0) is 9.53 Å². The third-order valence-corrected chi connectivity index (χ3v) is 4.77. The summed E-state index contributed by atoms with van der Waals surface area (Å²) >= 11 is 0. The second kappa shape index (κ2) is 8.13. The van der Waals surface area contributed by atoms with Crippen LogP contribution in [0.1, 0.15) is 41.8 Å². The van der Waals surface area contributed by atoms with Gasteiger partial charge in [-0.15, -0.1) is 0 Å². The van der Waals surface area contributed by atoms with Crippen LogP contribution in [0.4, 0.5) is 4.39 Å². The van der Waals surface area contributed by atoms with Crippen LogP contribution in [0.5, 0.6) is 0 Å². The predicted octanol–water partition coefficient (Wildman–Crippen LogP) is 3.98. The van der Waals surface area contributed by atoms with Gasteiger partial charge < -0.3 is 9.64 Å². The standard InChI is InChI=1S/C21H22FNO3/c1-15(16-5-3-2-4-6-16)26-21(25)18-11-13-23(14-12-18)20(24)17-7-9-19(22)10-8-17/h2-10,15,18H,11-14H2,1H3/t15-/m0/s1. The molecule has 0 radical (unpaired) electrons. The van der Waals surface area contributed by atoms with E-state index in [0.29, 0.717) is 31.5 Å². The first-order chi connectivity index (χ1) is 12.5. The first-order valence-corrected chi connectivity index (χ1v) is 8.85. The van der Waals surface area contributed by atoms with Crippen molar-refractivity contribution >= 4 is 11.9 Å². The van der Waals surface area contributed by atoms with Crippen molar-refractivity contribution in [1.82, 2.24) is 4.90 Å². The average molecular weight is 355 g/mol. The maximum Gasteiger partial charge on any atom is 0.309 e. The van der Waals surface area contributed by atoms with E-state index in [9.17, 15) is 14.0 Å². The van der Waals surface area contributed by atoms with E-state index in [1.54, 1.807) is 4.90 Å². The van der Waals surface area contributed by atoms with Crippen molar-refractivity contribution in [1.29, 1.82) is 0 Å². The number of hydrogen-bond acceptors (Lipinski definition) is 3. The Bertz CT molecular complexity index is 753. The fourth-order valence-electron chi connectivity index (χ4n) is 3.16. The zero-order valence-electron chi connectivity index (χ0n) is 14.7. The van der Waals surface area contributed by atoms with Crippen molar-refractivity contribution in [2.24, 2.45) is 5.92 Å². The SMILES string of the molecule is C[C@H](OC(=O)C1CCN(C(=O)c2ccc(F)cc2)CC1)c1ccccc1. The monoisotopic (exact) mass is 355 g/mol. The molecule has 26 heavy (non-hydrogen) atoms. The zero-order valence-corrected chi connectivity index (χ0v) is 14.7. The van der Waals surface area contributed by atoms with E-state index in [0.717, 1.165) is 5.56 Å². The van der Waals surface area contributed by atoms with Crippen molar-refractivity contribution in [2.75, 3.05) is 13.1 Å². The molecule has 0 aliphatic carbocycles. The van der Waals surface area contributed by atoms with E-state index in [1.165, 1.54) is 24.3 Å². The highest BCUT2D eigenvalue weighted by molar-refractivity contribution is 5.94. The summed E-state index contributed by atoms with van der Waals surface area (Å²) in [5, 5.41) is 0. The molecule has 0 unspecified atom stereocenters. The second-order valence-electron chi connectivity index (χ2n) is 6.56. The minimum absolute atomic E-state index is 0.130. The Hall–Kier alpha value is -2.69. The molecule has 1 fully saturated rings. The highest BCUT2D eigenvalue weighted by Crippen LogP contribution is 2.24. The molecule has 2 aromatic carbocycles. The maximum absolute atomic E-state index is 13.0. The molecule has 0 bridgehead atoms. The molecule has 5 heteroatoms. The number of esters is 1. The zero-order chi connectivity index (χ0) is 18.5. The van der Waals surface area contributed by atoms with Crippen LogP contribution in [0, 0.1) is 11.7 Å². The van der Waals surface area contributed by atoms with Crippen molar-refractivity contribution < 1.29 is 18.7 Å². The van der Waals surface area contributed by atoms with Crippen LogP contribution in [0.15, 0.2) is 54.6 Å². The molecular weight excluding hydrogens is 333 g/mol. The van der Waals surface area contributed by atoms with E-state index in [4.69, 9.17) is 4.74 Å². The quantitative estimate of drug-likeness (QED) is 0.780. The van der Waals surface area contributed by atoms with E-state index in [1.807, 2.05) is 37.3 Å². The van der Waals surface area contributed by atoms with Gasteiger partial charge in [-0.05, 0) is 49.6 Å². The van der Waals surface area contributed by atoms with Gasteiger partial charge in [0.15, 0.2) is 0 Å². The molecule has 1 aliphatic heterocycles. The van der Waals surface area contributed by atoms with E-state index >= 15 is 0 Å². The van der Waals surface area contributed by atoms with Crippen LogP contribution >= 0.6 is 0 Å². The third kappa shape index (κ3) is 4.28. The van der Waals surface area contributed by atoms with Gasteiger partial charge in [-0.3, -0.25) is 9.59 Å². The van der Waals surface area contributed by atoms with E-state index in [-0.39, 0.29) is 29.7 Å². The Morgan fingerprint density at radius 3 is 2.27 bits per heavy atom. The van der Waals surface area contributed by atoms with Gasteiger partial charge in [-0.1, -0.05) is 30.3 Å². The predicted molar refractivity (Wildman–Crippen MR) is 96.0 cm³/mol. The van der Waals surface area contributed by atoms with E-state index in [2.05, 4.69) is 0 Å². The number of ether oxygens (including phenoxy) is 1. The van der Waals surface area contributed by atoms with Gasteiger partial charge in [-0.25, -0.2) is 4.39 Å². The highest BCUT2D eigenvalue weighted by Gasteiger charge is 2.29. The van der Waals surface area contributed by atoms with Gasteiger partial charge in [0.25, 0.3) is 5.91 Å². The first kappa shape index (κ1) is 18.1. The number of benzene rings is 2.